The van der Waals surface area contributed by atoms with Gasteiger partial charge in [-0.2, -0.15) is 0 Å². The molecule has 9 heteroatoms. The highest BCUT2D eigenvalue weighted by atomic mass is 35.5. The van der Waals surface area contributed by atoms with E-state index in [1.54, 1.807) is 50.6 Å². The highest BCUT2D eigenvalue weighted by molar-refractivity contribution is 6.35. The maximum atomic E-state index is 13.7. The third kappa shape index (κ3) is 5.94. The molecular weight excluding hydrogens is 466 g/mol. The average Bonchev–Trinajstić information content (AvgIpc) is 2.79. The molecule has 8 nitrogen and oxygen atoms in total. The molecule has 1 N–H and O–H groups in total. The Morgan fingerprint density at radius 2 is 1.77 bits per heavy atom. The van der Waals surface area contributed by atoms with Gasteiger partial charge in [0.25, 0.3) is 5.56 Å². The Balaban J connectivity index is 1.63. The number of nitrogens with one attached hydrogen (secondary N) is 1. The number of amides is 1. The Morgan fingerprint density at radius 1 is 1.09 bits per heavy atom. The third-order valence-electron chi connectivity index (χ3n) is 5.85. The third-order valence-corrected chi connectivity index (χ3v) is 6.17. The van der Waals surface area contributed by atoms with Crippen LogP contribution in [0.1, 0.15) is 45.1 Å². The first-order chi connectivity index (χ1) is 16.6. The van der Waals surface area contributed by atoms with Crippen LogP contribution in [0.25, 0.3) is 10.9 Å². The highest BCUT2D eigenvalue weighted by Gasteiger charge is 2.27. The van der Waals surface area contributed by atoms with E-state index >= 15 is 0 Å². The first kappa shape index (κ1) is 25.0. The van der Waals surface area contributed by atoms with E-state index in [2.05, 4.69) is 22.3 Å². The van der Waals surface area contributed by atoms with Gasteiger partial charge >= 0.3 is 6.09 Å². The van der Waals surface area contributed by atoms with Crippen molar-refractivity contribution in [3.63, 3.8) is 0 Å². The Bertz CT molecular complexity index is 1250. The van der Waals surface area contributed by atoms with Gasteiger partial charge in [0, 0.05) is 32.7 Å². The van der Waals surface area contributed by atoms with E-state index in [9.17, 15) is 9.59 Å². The maximum absolute atomic E-state index is 13.7. The number of alkyl carbamates (subject to hydrolysis) is 1. The zero-order chi connectivity index (χ0) is 25.2. The molecule has 1 aliphatic rings. The van der Waals surface area contributed by atoms with E-state index in [1.807, 2.05) is 23.2 Å². The van der Waals surface area contributed by atoms with Crippen molar-refractivity contribution in [1.82, 2.24) is 19.9 Å². The molecule has 2 heterocycles. The Morgan fingerprint density at radius 3 is 2.43 bits per heavy atom. The molecule has 4 rings (SSSR count). The topological polar surface area (TPSA) is 79.7 Å². The Labute approximate surface area is 210 Å². The summed E-state index contributed by atoms with van der Waals surface area (Å²) in [5.41, 5.74) is 0.871. The number of carbonyl (C=O) groups excluding carboxylic acids is 1. The van der Waals surface area contributed by atoms with E-state index in [1.165, 1.54) is 5.56 Å². The zero-order valence-electron chi connectivity index (χ0n) is 20.6. The molecule has 3 aromatic rings. The highest BCUT2D eigenvalue weighted by Crippen LogP contribution is 2.22. The van der Waals surface area contributed by atoms with Crippen molar-refractivity contribution in [3.8, 4) is 0 Å². The molecule has 2 aromatic carbocycles. The fourth-order valence-corrected chi connectivity index (χ4v) is 4.49. The van der Waals surface area contributed by atoms with Crippen LogP contribution < -0.4 is 15.9 Å². The van der Waals surface area contributed by atoms with Gasteiger partial charge in [0.05, 0.1) is 22.0 Å². The number of halogens is 1. The summed E-state index contributed by atoms with van der Waals surface area (Å²) in [6, 6.07) is 15.0. The van der Waals surface area contributed by atoms with Crippen molar-refractivity contribution >= 4 is 28.6 Å². The second kappa shape index (κ2) is 10.3. The number of carbonyl (C=O) groups is 1. The van der Waals surface area contributed by atoms with Crippen LogP contribution in [0.15, 0.2) is 53.3 Å². The fraction of sp³-hybridized carbons (Fsp3) is 0.423. The molecular formula is C26H32ClN5O3. The van der Waals surface area contributed by atoms with Gasteiger partial charge in [-0.05, 0) is 45.4 Å². The molecule has 0 bridgehead atoms. The predicted molar refractivity (Wildman–Crippen MR) is 138 cm³/mol. The van der Waals surface area contributed by atoms with Crippen molar-refractivity contribution in [1.29, 1.82) is 0 Å². The first-order valence-electron chi connectivity index (χ1n) is 11.8. The summed E-state index contributed by atoms with van der Waals surface area (Å²) in [6.07, 6.45) is -0.565. The molecule has 0 spiro atoms. The molecule has 1 fully saturated rings. The lowest BCUT2D eigenvalue weighted by Crippen LogP contribution is -2.55. The number of piperazine rings is 1. The average molecular weight is 498 g/mol. The number of hydrogen-bond donors (Lipinski definition) is 1. The lowest BCUT2D eigenvalue weighted by molar-refractivity contribution is 0.0504. The van der Waals surface area contributed by atoms with E-state index < -0.39 is 17.7 Å². The van der Waals surface area contributed by atoms with Crippen molar-refractivity contribution in [3.05, 3.63) is 75.3 Å². The summed E-state index contributed by atoms with van der Waals surface area (Å²) in [6.45, 7) is 10.9. The smallest absolute Gasteiger partial charge is 0.408 e. The number of hydrogen-bond acceptors (Lipinski definition) is 6. The summed E-state index contributed by atoms with van der Waals surface area (Å²) in [4.78, 5) is 33.3. The summed E-state index contributed by atoms with van der Waals surface area (Å²) in [7, 11) is 0. The van der Waals surface area contributed by atoms with Gasteiger partial charge in [-0.25, -0.2) is 14.5 Å². The molecule has 0 aliphatic carbocycles. The monoisotopic (exact) mass is 497 g/mol. The van der Waals surface area contributed by atoms with E-state index in [0.29, 0.717) is 34.8 Å². The standard InChI is InChI=1S/C26H32ClN5O3/c1-18(28-25(34)35-26(2,3)4)23-29-21-12-8-11-20(27)22(21)24(33)32(23)31-15-13-30(14-16-31)17-19-9-6-5-7-10-19/h5-12,18H,13-17H2,1-4H3,(H,28,34)/t18-/m0/s1. The predicted octanol–water partition coefficient (Wildman–Crippen LogP) is 4.09. The molecule has 1 atom stereocenters. The molecule has 1 amide bonds. The number of benzene rings is 2. The number of rotatable bonds is 5. The second-order valence-electron chi connectivity index (χ2n) is 9.80. The molecule has 0 saturated carbocycles. The normalized spacial score (nSPS) is 15.7. The molecule has 1 saturated heterocycles. The molecule has 0 unspecified atom stereocenters. The summed E-state index contributed by atoms with van der Waals surface area (Å²) >= 11 is 6.41. The molecule has 1 aromatic heterocycles. The van der Waals surface area contributed by atoms with Crippen molar-refractivity contribution < 1.29 is 9.53 Å². The van der Waals surface area contributed by atoms with Gasteiger partial charge in [0.1, 0.15) is 5.60 Å². The van der Waals surface area contributed by atoms with Crippen LogP contribution in [0.3, 0.4) is 0 Å². The van der Waals surface area contributed by atoms with Crippen molar-refractivity contribution in [2.75, 3.05) is 31.2 Å². The molecule has 35 heavy (non-hydrogen) atoms. The van der Waals surface area contributed by atoms with Crippen LogP contribution in [0.5, 0.6) is 0 Å². The second-order valence-corrected chi connectivity index (χ2v) is 10.2. The van der Waals surface area contributed by atoms with Crippen LogP contribution in [0.2, 0.25) is 5.02 Å². The number of nitrogens with zero attached hydrogens (tertiary/aromatic N) is 4. The van der Waals surface area contributed by atoms with E-state index in [-0.39, 0.29) is 5.56 Å². The summed E-state index contributed by atoms with van der Waals surface area (Å²) < 4.78 is 7.00. The minimum atomic E-state index is -0.636. The van der Waals surface area contributed by atoms with Crippen molar-refractivity contribution in [2.45, 2.75) is 45.9 Å². The lowest BCUT2D eigenvalue weighted by Gasteiger charge is -2.38. The summed E-state index contributed by atoms with van der Waals surface area (Å²) in [5.74, 6) is 0.437. The van der Waals surface area contributed by atoms with Crippen LogP contribution in [-0.4, -0.2) is 52.4 Å². The maximum Gasteiger partial charge on any atom is 0.408 e. The van der Waals surface area contributed by atoms with Gasteiger partial charge in [-0.3, -0.25) is 9.69 Å². The van der Waals surface area contributed by atoms with Crippen LogP contribution >= 0.6 is 11.6 Å². The van der Waals surface area contributed by atoms with Gasteiger partial charge in [-0.1, -0.05) is 48.0 Å². The SMILES string of the molecule is C[C@H](NC(=O)OC(C)(C)C)c1nc2cccc(Cl)c2c(=O)n1N1CCN(Cc2ccccc2)CC1. The van der Waals surface area contributed by atoms with Crippen LogP contribution in [-0.2, 0) is 11.3 Å². The fourth-order valence-electron chi connectivity index (χ4n) is 4.24. The first-order valence-corrected chi connectivity index (χ1v) is 12.2. The van der Waals surface area contributed by atoms with Crippen LogP contribution in [0.4, 0.5) is 4.79 Å². The molecule has 0 radical (unpaired) electrons. The zero-order valence-corrected chi connectivity index (χ0v) is 21.4. The largest absolute Gasteiger partial charge is 0.444 e. The van der Waals surface area contributed by atoms with E-state index in [0.717, 1.165) is 19.6 Å². The van der Waals surface area contributed by atoms with Crippen molar-refractivity contribution in [2.24, 2.45) is 0 Å². The Hall–Kier alpha value is -3.10. The van der Waals surface area contributed by atoms with Gasteiger partial charge in [0.2, 0.25) is 0 Å². The number of ether oxygens (including phenoxy) is 1. The number of aromatic nitrogens is 2. The van der Waals surface area contributed by atoms with Gasteiger partial charge in [0.15, 0.2) is 5.82 Å². The van der Waals surface area contributed by atoms with Crippen LogP contribution in [0, 0.1) is 0 Å². The van der Waals surface area contributed by atoms with Gasteiger partial charge in [-0.15, -0.1) is 0 Å². The van der Waals surface area contributed by atoms with Gasteiger partial charge < -0.3 is 15.1 Å². The lowest BCUT2D eigenvalue weighted by atomic mass is 10.2. The summed E-state index contributed by atoms with van der Waals surface area (Å²) in [5, 5.41) is 5.54. The molecule has 1 aliphatic heterocycles. The number of fused-ring (bicyclic) bond motifs is 1. The van der Waals surface area contributed by atoms with E-state index in [4.69, 9.17) is 21.3 Å². The minimum absolute atomic E-state index is 0.245. The minimum Gasteiger partial charge on any atom is -0.444 e. The quantitative estimate of drug-likeness (QED) is 0.572. The molecule has 186 valence electrons. The Kier molecular flexibility index (Phi) is 7.33.